The first-order chi connectivity index (χ1) is 34.8. The van der Waals surface area contributed by atoms with E-state index in [2.05, 4.69) is 30.4 Å². The Hall–Kier alpha value is -7.30. The van der Waals surface area contributed by atoms with E-state index in [1.165, 1.54) is 15.9 Å². The van der Waals surface area contributed by atoms with Crippen molar-refractivity contribution in [3.63, 3.8) is 0 Å². The second-order valence-electron chi connectivity index (χ2n) is 20.0. The third kappa shape index (κ3) is 8.80. The van der Waals surface area contributed by atoms with Crippen molar-refractivity contribution in [3.8, 4) is 22.8 Å². The lowest BCUT2D eigenvalue weighted by Gasteiger charge is -2.39. The van der Waals surface area contributed by atoms with E-state index in [4.69, 9.17) is 30.1 Å². The average Bonchev–Trinajstić information content (AvgIpc) is 3.85. The number of nitrogen functional groups attached to an aromatic ring is 1. The van der Waals surface area contributed by atoms with Gasteiger partial charge in [0.1, 0.15) is 29.0 Å². The minimum Gasteiger partial charge on any atom is -0.439 e. The van der Waals surface area contributed by atoms with Gasteiger partial charge in [0.15, 0.2) is 35.5 Å². The van der Waals surface area contributed by atoms with Crippen LogP contribution in [0.15, 0.2) is 29.2 Å². The highest BCUT2D eigenvalue weighted by molar-refractivity contribution is 6.09. The highest BCUT2D eigenvalue weighted by Gasteiger charge is 2.37. The highest BCUT2D eigenvalue weighted by Crippen LogP contribution is 2.48. The molecule has 1 aromatic carbocycles. The van der Waals surface area contributed by atoms with E-state index in [1.54, 1.807) is 29.0 Å². The Morgan fingerprint density at radius 1 is 0.903 bits per heavy atom. The number of anilines is 3. The Morgan fingerprint density at radius 3 is 2.36 bits per heavy atom. The lowest BCUT2D eigenvalue weighted by Crippen LogP contribution is -2.50. The Morgan fingerprint density at radius 2 is 1.65 bits per heavy atom. The molecule has 23 heteroatoms. The lowest BCUT2D eigenvalue weighted by molar-refractivity contribution is -0.136. The fourth-order valence-electron chi connectivity index (χ4n) is 10.9. The molecule has 11 rings (SSSR count). The van der Waals surface area contributed by atoms with Gasteiger partial charge in [-0.1, -0.05) is 5.16 Å². The van der Waals surface area contributed by atoms with Crippen LogP contribution in [0.3, 0.4) is 0 Å². The number of ether oxygens (including phenoxy) is 1. The second kappa shape index (κ2) is 19.0. The number of rotatable bonds is 11. The van der Waals surface area contributed by atoms with Crippen LogP contribution in [0.1, 0.15) is 93.7 Å². The van der Waals surface area contributed by atoms with Gasteiger partial charge in [-0.25, -0.2) is 38.6 Å². The number of amides is 5. The third-order valence-electron chi connectivity index (χ3n) is 15.1. The van der Waals surface area contributed by atoms with Gasteiger partial charge in [-0.05, 0) is 88.8 Å². The third-order valence-corrected chi connectivity index (χ3v) is 15.1. The minimum atomic E-state index is -0.562. The summed E-state index contributed by atoms with van der Waals surface area (Å²) in [5, 5.41) is 17.3. The first kappa shape index (κ1) is 47.0. The molecule has 72 heavy (non-hydrogen) atoms. The van der Waals surface area contributed by atoms with Crippen molar-refractivity contribution in [1.82, 2.24) is 64.7 Å². The molecular formula is C49H59FN16O6. The van der Waals surface area contributed by atoms with E-state index in [-0.39, 0.29) is 49.3 Å². The molecular weight excluding hydrogens is 928 g/mol. The summed E-state index contributed by atoms with van der Waals surface area (Å²) in [5.41, 5.74) is 11.4. The summed E-state index contributed by atoms with van der Waals surface area (Å²) in [7, 11) is 1.65. The maximum Gasteiger partial charge on any atom is 0.410 e. The van der Waals surface area contributed by atoms with Crippen LogP contribution in [0.25, 0.3) is 44.7 Å². The summed E-state index contributed by atoms with van der Waals surface area (Å²) in [5.74, 6) is 1.72. The largest absolute Gasteiger partial charge is 0.439 e. The van der Waals surface area contributed by atoms with E-state index < -0.39 is 17.9 Å². The Labute approximate surface area is 414 Å². The molecule has 4 saturated heterocycles. The molecule has 0 atom stereocenters. The monoisotopic (exact) mass is 986 g/mol. The van der Waals surface area contributed by atoms with E-state index in [0.717, 1.165) is 62.3 Å². The molecule has 0 unspecified atom stereocenters. The van der Waals surface area contributed by atoms with Crippen molar-refractivity contribution in [1.29, 1.82) is 0 Å². The number of fused-ring (bicyclic) bond motifs is 2. The average molecular weight is 987 g/mol. The van der Waals surface area contributed by atoms with Crippen molar-refractivity contribution in [2.24, 2.45) is 13.0 Å². The topological polar surface area (TPSA) is 245 Å². The lowest BCUT2D eigenvalue weighted by atomic mass is 9.89. The predicted molar refractivity (Wildman–Crippen MR) is 262 cm³/mol. The number of benzene rings is 1. The number of likely N-dealkylation sites (tertiary alicyclic amines) is 2. The number of halogens is 1. The molecule has 6 aromatic rings. The van der Waals surface area contributed by atoms with Gasteiger partial charge in [0.2, 0.25) is 5.91 Å². The number of piperazine rings is 1. The van der Waals surface area contributed by atoms with Gasteiger partial charge in [0, 0.05) is 108 Å². The fourth-order valence-corrected chi connectivity index (χ4v) is 10.9. The molecule has 1 aliphatic carbocycles. The number of urea groups is 1. The van der Waals surface area contributed by atoms with E-state index in [1.807, 2.05) is 36.5 Å². The SMILES string of the molecule is Cc1nc(-c2c(-c3nn(C(C)C)c4ncnc(N)c34)noc2C2CC2)ncc1C1CCN(C(=O)OCC(=O)N2CCC(CN3CCN(c4ccc5c(N6CCC(=O)NC6=O)nn(C)c5c4F)CC3)CC2)CC1. The summed E-state index contributed by atoms with van der Waals surface area (Å²) in [4.78, 5) is 78.6. The first-order valence-corrected chi connectivity index (χ1v) is 25.1. The number of nitrogens with zero attached hydrogens (tertiary/aromatic N) is 14. The zero-order valence-electron chi connectivity index (χ0n) is 41.0. The van der Waals surface area contributed by atoms with Crippen molar-refractivity contribution < 1.29 is 32.8 Å². The smallest absolute Gasteiger partial charge is 0.410 e. The van der Waals surface area contributed by atoms with Crippen molar-refractivity contribution in [2.75, 3.05) is 87.6 Å². The molecule has 5 fully saturated rings. The van der Waals surface area contributed by atoms with E-state index in [9.17, 15) is 19.2 Å². The van der Waals surface area contributed by atoms with Crippen molar-refractivity contribution in [2.45, 2.75) is 83.6 Å². The van der Waals surface area contributed by atoms with Gasteiger partial charge in [0.25, 0.3) is 5.91 Å². The van der Waals surface area contributed by atoms with Crippen molar-refractivity contribution in [3.05, 3.63) is 47.5 Å². The molecule has 5 aromatic heterocycles. The number of nitrogens with one attached hydrogen (secondary N) is 1. The summed E-state index contributed by atoms with van der Waals surface area (Å²) in [6.07, 6.45) is 8.05. The number of nitrogens with two attached hydrogens (primary N) is 1. The Balaban J connectivity index is 0.638. The number of piperidine rings is 2. The number of aromatic nitrogens is 9. The van der Waals surface area contributed by atoms with Crippen LogP contribution < -0.4 is 20.9 Å². The summed E-state index contributed by atoms with van der Waals surface area (Å²) >= 11 is 0. The maximum atomic E-state index is 16.1. The highest BCUT2D eigenvalue weighted by atomic mass is 19.1. The van der Waals surface area contributed by atoms with E-state index in [0.29, 0.717) is 120 Å². The standard InChI is InChI=1S/C49H59FN16O6/c1-27(2)66-47-38(44(51)53-26-54-47)40(57-66)41-37(43(72-59-41)31-5-6-31)45-52-23-33(28(3)55-45)30-11-16-64(17-12-30)49(70)71-25-36(68)63-14-9-29(10-15-63)24-61-19-21-62(22-20-61)34-8-7-32-42(39(34)50)60(4)58-46(32)65-18-13-35(67)56-48(65)69/h7-8,23,26-27,29-31H,5-6,9-22,24-25H2,1-4H3,(H2,51,53,54)(H,56,67,69). The number of hydrogen-bond acceptors (Lipinski definition) is 16. The van der Waals surface area contributed by atoms with Crippen LogP contribution in [-0.2, 0) is 21.4 Å². The van der Waals surface area contributed by atoms with Gasteiger partial charge in [-0.15, -0.1) is 0 Å². The molecule has 378 valence electrons. The van der Waals surface area contributed by atoms with Gasteiger partial charge in [-0.2, -0.15) is 10.2 Å². The zero-order valence-corrected chi connectivity index (χ0v) is 41.0. The molecule has 5 aliphatic rings. The minimum absolute atomic E-state index is 0.0108. The summed E-state index contributed by atoms with van der Waals surface area (Å²) in [6, 6.07) is 2.99. The molecule has 0 spiro atoms. The molecule has 5 amide bonds. The molecule has 0 bridgehead atoms. The van der Waals surface area contributed by atoms with Crippen LogP contribution in [0.4, 0.5) is 31.3 Å². The van der Waals surface area contributed by atoms with Crippen LogP contribution in [-0.4, -0.2) is 155 Å². The van der Waals surface area contributed by atoms with Crippen LogP contribution in [0.5, 0.6) is 0 Å². The number of aryl methyl sites for hydroxylation is 2. The summed E-state index contributed by atoms with van der Waals surface area (Å²) in [6.45, 7) is 11.8. The van der Waals surface area contributed by atoms with Crippen LogP contribution in [0.2, 0.25) is 0 Å². The predicted octanol–water partition coefficient (Wildman–Crippen LogP) is 5.14. The van der Waals surface area contributed by atoms with Gasteiger partial charge in [-0.3, -0.25) is 29.4 Å². The maximum absolute atomic E-state index is 16.1. The number of carbonyl (C=O) groups excluding carboxylic acids is 4. The Kier molecular flexibility index (Phi) is 12.4. The number of carbonyl (C=O) groups is 4. The normalized spacial score (nSPS) is 18.8. The number of hydrogen-bond donors (Lipinski definition) is 2. The summed E-state index contributed by atoms with van der Waals surface area (Å²) < 4.78 is 30.9. The van der Waals surface area contributed by atoms with Gasteiger partial charge in [0.05, 0.1) is 16.6 Å². The number of imide groups is 1. The van der Waals surface area contributed by atoms with Gasteiger partial charge >= 0.3 is 12.1 Å². The van der Waals surface area contributed by atoms with Crippen molar-refractivity contribution >= 4 is 63.2 Å². The van der Waals surface area contributed by atoms with Gasteiger partial charge < -0.3 is 29.7 Å². The fraction of sp³-hybridized carbons (Fsp3) is 0.531. The van der Waals surface area contributed by atoms with Crippen LogP contribution in [0, 0.1) is 18.7 Å². The molecule has 3 N–H and O–H groups in total. The quantitative estimate of drug-likeness (QED) is 0.171. The van der Waals surface area contributed by atoms with E-state index >= 15 is 4.39 Å². The zero-order chi connectivity index (χ0) is 49.9. The second-order valence-corrected chi connectivity index (χ2v) is 20.0. The molecule has 1 saturated carbocycles. The molecule has 0 radical (unpaired) electrons. The first-order valence-electron chi connectivity index (χ1n) is 25.1. The Bertz CT molecular complexity index is 3090. The molecule has 9 heterocycles. The van der Waals surface area contributed by atoms with Crippen LogP contribution >= 0.6 is 0 Å². The molecule has 4 aliphatic heterocycles. The molecule has 22 nitrogen and oxygen atoms in total.